The predicted molar refractivity (Wildman–Crippen MR) is 128 cm³/mol. The van der Waals surface area contributed by atoms with Crippen LogP contribution in [0.1, 0.15) is 48.5 Å². The zero-order valence-electron chi connectivity index (χ0n) is 19.5. The van der Waals surface area contributed by atoms with Crippen LogP contribution in [0, 0.1) is 5.92 Å². The lowest BCUT2D eigenvalue weighted by Gasteiger charge is -2.35. The van der Waals surface area contributed by atoms with Gasteiger partial charge in [0, 0.05) is 31.1 Å². The lowest BCUT2D eigenvalue weighted by Crippen LogP contribution is -2.45. The summed E-state index contributed by atoms with van der Waals surface area (Å²) in [5.74, 6) is 1.04. The number of fused-ring (bicyclic) bond motifs is 8. The third kappa shape index (κ3) is 3.12. The molecule has 2 atom stereocenters. The maximum atomic E-state index is 14.5. The highest BCUT2D eigenvalue weighted by Crippen LogP contribution is 2.57. The van der Waals surface area contributed by atoms with Gasteiger partial charge in [-0.2, -0.15) is 0 Å². The van der Waals surface area contributed by atoms with E-state index in [9.17, 15) is 9.59 Å². The maximum absolute atomic E-state index is 14.5. The summed E-state index contributed by atoms with van der Waals surface area (Å²) in [6.07, 6.45) is 5.17. The topological polar surface area (TPSA) is 80.6 Å². The van der Waals surface area contributed by atoms with Gasteiger partial charge in [0.1, 0.15) is 16.9 Å². The molecule has 8 heteroatoms. The summed E-state index contributed by atoms with van der Waals surface area (Å²) >= 11 is 0. The molecule has 35 heavy (non-hydrogen) atoms. The zero-order valence-corrected chi connectivity index (χ0v) is 19.5. The Kier molecular flexibility index (Phi) is 4.53. The molecule has 1 aliphatic carbocycles. The number of hydrogen-bond donors (Lipinski definition) is 0. The molecule has 0 radical (unpaired) electrons. The van der Waals surface area contributed by atoms with Crippen molar-refractivity contribution in [3.05, 3.63) is 71.5 Å². The van der Waals surface area contributed by atoms with Crippen molar-refractivity contribution in [3.63, 3.8) is 0 Å². The number of rotatable bonds is 1. The van der Waals surface area contributed by atoms with Crippen molar-refractivity contribution < 1.29 is 14.3 Å². The van der Waals surface area contributed by atoms with Crippen LogP contribution in [0.25, 0.3) is 0 Å². The van der Waals surface area contributed by atoms with E-state index in [2.05, 4.69) is 16.4 Å². The first kappa shape index (κ1) is 20.7. The first-order valence-corrected chi connectivity index (χ1v) is 12.5. The number of aromatic nitrogens is 3. The van der Waals surface area contributed by atoms with Gasteiger partial charge in [0.05, 0.1) is 25.4 Å². The van der Waals surface area contributed by atoms with E-state index in [1.54, 1.807) is 0 Å². The van der Waals surface area contributed by atoms with E-state index < -0.39 is 5.41 Å². The first-order chi connectivity index (χ1) is 17.1. The van der Waals surface area contributed by atoms with Gasteiger partial charge in [-0.1, -0.05) is 35.5 Å². The van der Waals surface area contributed by atoms with Gasteiger partial charge in [-0.25, -0.2) is 0 Å². The number of carbonyl (C=O) groups is 2. The molecule has 8 nitrogen and oxygen atoms in total. The van der Waals surface area contributed by atoms with Crippen molar-refractivity contribution in [3.8, 4) is 5.75 Å². The molecule has 4 heterocycles. The fraction of sp³-hybridized carbons (Fsp3) is 0.407. The lowest BCUT2D eigenvalue weighted by molar-refractivity contribution is -0.135. The molecule has 1 aromatic heterocycles. The second-order valence-electron chi connectivity index (χ2n) is 10.1. The first-order valence-electron chi connectivity index (χ1n) is 12.5. The number of ether oxygens (including phenoxy) is 1. The Labute approximate surface area is 203 Å². The summed E-state index contributed by atoms with van der Waals surface area (Å²) < 4.78 is 7.90. The number of hydrogen-bond acceptors (Lipinski definition) is 5. The number of aryl methyl sites for hydroxylation is 1. The minimum Gasteiger partial charge on any atom is -0.494 e. The Bertz CT molecular complexity index is 1330. The van der Waals surface area contributed by atoms with Crippen LogP contribution < -0.4 is 9.64 Å². The number of benzene rings is 2. The largest absolute Gasteiger partial charge is 0.494 e. The number of para-hydroxylation sites is 1. The number of amides is 2. The van der Waals surface area contributed by atoms with Crippen molar-refractivity contribution >= 4 is 17.5 Å². The summed E-state index contributed by atoms with van der Waals surface area (Å²) in [5, 5.41) is 8.61. The van der Waals surface area contributed by atoms with E-state index in [-0.39, 0.29) is 23.8 Å². The SMILES string of the molecule is O=C(C1CC1)N1CC[C@]23C(=O)N(Cc4cn(nn4)CCCOc4cccc(c4)[C@H]12)c1ccccc13. The van der Waals surface area contributed by atoms with Gasteiger partial charge in [0.2, 0.25) is 11.8 Å². The van der Waals surface area contributed by atoms with Crippen LogP contribution in [-0.4, -0.2) is 44.9 Å². The standard InChI is InChI=1S/C27H27N5O3/c33-25(18-9-10-18)31-13-11-27-22-7-1-2-8-23(22)32(26(27)34)17-20-16-30(29-28-20)12-4-14-35-21-6-3-5-19(15-21)24(27)31/h1-3,5-8,15-16,18,24H,4,9-14,17H2/t24-,27+/m0/s1. The van der Waals surface area contributed by atoms with E-state index in [1.807, 2.05) is 63.1 Å². The molecule has 3 aromatic rings. The van der Waals surface area contributed by atoms with Crippen LogP contribution in [0.4, 0.5) is 5.69 Å². The number of nitrogens with zero attached hydrogens (tertiary/aromatic N) is 5. The summed E-state index contributed by atoms with van der Waals surface area (Å²) in [7, 11) is 0. The van der Waals surface area contributed by atoms with Gasteiger partial charge < -0.3 is 14.5 Å². The third-order valence-electron chi connectivity index (χ3n) is 7.92. The van der Waals surface area contributed by atoms with Gasteiger partial charge in [-0.15, -0.1) is 5.10 Å². The van der Waals surface area contributed by atoms with Crippen LogP contribution in [0.5, 0.6) is 5.75 Å². The van der Waals surface area contributed by atoms with Crippen molar-refractivity contribution in [2.45, 2.75) is 50.2 Å². The Morgan fingerprint density at radius 2 is 1.97 bits per heavy atom. The van der Waals surface area contributed by atoms with Gasteiger partial charge in [0.15, 0.2) is 0 Å². The van der Waals surface area contributed by atoms with E-state index in [1.165, 1.54) is 0 Å². The van der Waals surface area contributed by atoms with Gasteiger partial charge >= 0.3 is 0 Å². The monoisotopic (exact) mass is 469 g/mol. The molecule has 4 aliphatic rings. The summed E-state index contributed by atoms with van der Waals surface area (Å²) in [4.78, 5) is 31.8. The van der Waals surface area contributed by atoms with Gasteiger partial charge in [-0.05, 0) is 48.6 Å². The highest BCUT2D eigenvalue weighted by Gasteiger charge is 2.62. The van der Waals surface area contributed by atoms with E-state index >= 15 is 0 Å². The molecular weight excluding hydrogens is 442 g/mol. The minimum atomic E-state index is -0.837. The Morgan fingerprint density at radius 1 is 1.09 bits per heavy atom. The van der Waals surface area contributed by atoms with E-state index in [0.29, 0.717) is 32.7 Å². The molecule has 6 bridgehead atoms. The maximum Gasteiger partial charge on any atom is 0.240 e. The third-order valence-corrected chi connectivity index (χ3v) is 7.92. The normalized spacial score (nSPS) is 25.4. The van der Waals surface area contributed by atoms with Crippen molar-refractivity contribution in [1.29, 1.82) is 0 Å². The molecule has 178 valence electrons. The molecule has 2 fully saturated rings. The molecule has 7 rings (SSSR count). The van der Waals surface area contributed by atoms with E-state index in [4.69, 9.17) is 4.74 Å². The predicted octanol–water partition coefficient (Wildman–Crippen LogP) is 3.23. The fourth-order valence-corrected chi connectivity index (χ4v) is 6.18. The molecule has 0 N–H and O–H groups in total. The van der Waals surface area contributed by atoms with Crippen LogP contribution >= 0.6 is 0 Å². The van der Waals surface area contributed by atoms with Crippen LogP contribution in [0.15, 0.2) is 54.7 Å². The highest BCUT2D eigenvalue weighted by molar-refractivity contribution is 6.09. The molecular formula is C27H27N5O3. The minimum absolute atomic E-state index is 0.0329. The van der Waals surface area contributed by atoms with Crippen LogP contribution in [0.3, 0.4) is 0 Å². The summed E-state index contributed by atoms with van der Waals surface area (Å²) in [5.41, 5.74) is 2.76. The molecule has 2 aromatic carbocycles. The second kappa shape index (κ2) is 7.66. The van der Waals surface area contributed by atoms with Gasteiger partial charge in [0.25, 0.3) is 0 Å². The molecule has 0 unspecified atom stereocenters. The number of likely N-dealkylation sites (tertiary alicyclic amines) is 1. The Morgan fingerprint density at radius 3 is 2.86 bits per heavy atom. The second-order valence-corrected chi connectivity index (χ2v) is 10.1. The average Bonchev–Trinajstić information content (AvgIpc) is 3.44. The highest BCUT2D eigenvalue weighted by atomic mass is 16.5. The smallest absolute Gasteiger partial charge is 0.240 e. The molecule has 3 aliphatic heterocycles. The Hall–Kier alpha value is -3.68. The molecule has 2 amide bonds. The summed E-state index contributed by atoms with van der Waals surface area (Å²) in [6.45, 7) is 2.16. The van der Waals surface area contributed by atoms with Crippen molar-refractivity contribution in [1.82, 2.24) is 19.9 Å². The van der Waals surface area contributed by atoms with Gasteiger partial charge in [-0.3, -0.25) is 14.3 Å². The lowest BCUT2D eigenvalue weighted by atomic mass is 9.72. The van der Waals surface area contributed by atoms with E-state index in [0.717, 1.165) is 47.5 Å². The summed E-state index contributed by atoms with van der Waals surface area (Å²) in [6, 6.07) is 15.6. The molecule has 1 spiro atoms. The fourth-order valence-electron chi connectivity index (χ4n) is 6.18. The van der Waals surface area contributed by atoms with Crippen LogP contribution in [0.2, 0.25) is 0 Å². The Balaban J connectivity index is 1.43. The zero-order chi connectivity index (χ0) is 23.6. The molecule has 1 saturated carbocycles. The quantitative estimate of drug-likeness (QED) is 0.547. The molecule has 1 saturated heterocycles. The number of anilines is 1. The van der Waals surface area contributed by atoms with Crippen molar-refractivity contribution in [2.75, 3.05) is 18.1 Å². The number of carbonyl (C=O) groups excluding carboxylic acids is 2. The average molecular weight is 470 g/mol. The van der Waals surface area contributed by atoms with Crippen LogP contribution in [-0.2, 0) is 28.1 Å². The van der Waals surface area contributed by atoms with Crippen molar-refractivity contribution in [2.24, 2.45) is 5.92 Å².